The van der Waals surface area contributed by atoms with E-state index in [0.29, 0.717) is 17.3 Å². The summed E-state index contributed by atoms with van der Waals surface area (Å²) < 4.78 is 12.3. The van der Waals surface area contributed by atoms with Crippen molar-refractivity contribution in [3.05, 3.63) is 0 Å². The minimum Gasteiger partial charge on any atom is -0.396 e. The van der Waals surface area contributed by atoms with Gasteiger partial charge in [0.15, 0.2) is 5.79 Å². The van der Waals surface area contributed by atoms with Crippen LogP contribution in [0.1, 0.15) is 65.2 Å². The van der Waals surface area contributed by atoms with E-state index in [4.69, 9.17) is 9.47 Å². The molecule has 2 N–H and O–H groups in total. The van der Waals surface area contributed by atoms with Gasteiger partial charge in [-0.1, -0.05) is 13.8 Å². The van der Waals surface area contributed by atoms with Gasteiger partial charge < -0.3 is 19.7 Å². The fraction of sp³-hybridized carbons (Fsp3) is 1.00. The van der Waals surface area contributed by atoms with Gasteiger partial charge in [-0.25, -0.2) is 0 Å². The molecule has 5 rings (SSSR count). The molecule has 4 nitrogen and oxygen atoms in total. The Morgan fingerprint density at radius 3 is 2.44 bits per heavy atom. The maximum Gasteiger partial charge on any atom is 0.171 e. The monoisotopic (exact) mass is 350 g/mol. The van der Waals surface area contributed by atoms with Crippen LogP contribution in [-0.4, -0.2) is 41.9 Å². The molecule has 4 heteroatoms. The lowest BCUT2D eigenvalue weighted by Crippen LogP contribution is -2.63. The van der Waals surface area contributed by atoms with Crippen molar-refractivity contribution in [3.63, 3.8) is 0 Å². The van der Waals surface area contributed by atoms with Gasteiger partial charge in [0.2, 0.25) is 0 Å². The molecule has 5 aliphatic rings. The number of aliphatic hydroxyl groups excluding tert-OH is 2. The molecule has 1 saturated heterocycles. The lowest BCUT2D eigenvalue weighted by atomic mass is 9.39. The molecule has 5 fully saturated rings. The second kappa shape index (κ2) is 5.21. The van der Waals surface area contributed by atoms with E-state index in [1.54, 1.807) is 0 Å². The third kappa shape index (κ3) is 1.88. The summed E-state index contributed by atoms with van der Waals surface area (Å²) in [6.45, 7) is 6.25. The van der Waals surface area contributed by atoms with E-state index >= 15 is 0 Å². The van der Waals surface area contributed by atoms with E-state index < -0.39 is 0 Å². The highest BCUT2D eigenvalue weighted by Gasteiger charge is 2.71. The van der Waals surface area contributed by atoms with Crippen LogP contribution in [0.15, 0.2) is 0 Å². The van der Waals surface area contributed by atoms with E-state index in [0.717, 1.165) is 44.8 Å². The van der Waals surface area contributed by atoms with Crippen molar-refractivity contribution < 1.29 is 19.7 Å². The van der Waals surface area contributed by atoms with Crippen LogP contribution in [0.5, 0.6) is 0 Å². The molecule has 1 heterocycles. The highest BCUT2D eigenvalue weighted by Crippen LogP contribution is 2.75. The molecule has 4 saturated carbocycles. The van der Waals surface area contributed by atoms with E-state index in [2.05, 4.69) is 13.8 Å². The van der Waals surface area contributed by atoms with Crippen LogP contribution < -0.4 is 0 Å². The van der Waals surface area contributed by atoms with Crippen LogP contribution in [0, 0.1) is 34.0 Å². The maximum atomic E-state index is 10.7. The average molecular weight is 350 g/mol. The Kier molecular flexibility index (Phi) is 3.54. The van der Waals surface area contributed by atoms with Gasteiger partial charge in [-0.05, 0) is 67.6 Å². The summed E-state index contributed by atoms with van der Waals surface area (Å²) in [5.74, 6) is 1.44. The first kappa shape index (κ1) is 17.0. The summed E-state index contributed by atoms with van der Waals surface area (Å²) in [5, 5.41) is 20.9. The summed E-state index contributed by atoms with van der Waals surface area (Å²) >= 11 is 0. The second-order valence-electron chi connectivity index (χ2n) is 10.3. The van der Waals surface area contributed by atoms with E-state index in [1.807, 2.05) is 0 Å². The van der Waals surface area contributed by atoms with Crippen molar-refractivity contribution in [2.24, 2.45) is 34.0 Å². The normalized spacial score (nSPS) is 56.6. The molecular formula is C21H34O4. The van der Waals surface area contributed by atoms with Crippen molar-refractivity contribution in [3.8, 4) is 0 Å². The smallest absolute Gasteiger partial charge is 0.171 e. The summed E-state index contributed by atoms with van der Waals surface area (Å²) in [6.07, 6.45) is 8.68. The van der Waals surface area contributed by atoms with Crippen LogP contribution in [0.2, 0.25) is 0 Å². The summed E-state index contributed by atoms with van der Waals surface area (Å²) in [5.41, 5.74) is 0.236. The minimum atomic E-state index is -0.364. The molecular weight excluding hydrogens is 316 g/mol. The fourth-order valence-corrected chi connectivity index (χ4v) is 8.46. The summed E-state index contributed by atoms with van der Waals surface area (Å²) in [7, 11) is 0. The molecule has 0 aromatic carbocycles. The topological polar surface area (TPSA) is 58.9 Å². The first-order chi connectivity index (χ1) is 11.9. The lowest BCUT2D eigenvalue weighted by Gasteiger charge is -2.66. The van der Waals surface area contributed by atoms with Gasteiger partial charge in [0.1, 0.15) is 0 Å². The summed E-state index contributed by atoms with van der Waals surface area (Å²) in [4.78, 5) is 0. The van der Waals surface area contributed by atoms with Crippen LogP contribution in [-0.2, 0) is 9.47 Å². The average Bonchev–Trinajstić information content (AvgIpc) is 3.20. The first-order valence-electron chi connectivity index (χ1n) is 10.5. The molecule has 0 amide bonds. The number of ether oxygens (including phenoxy) is 2. The number of hydrogen-bond donors (Lipinski definition) is 2. The van der Waals surface area contributed by atoms with Crippen molar-refractivity contribution in [1.29, 1.82) is 0 Å². The van der Waals surface area contributed by atoms with Crippen LogP contribution >= 0.6 is 0 Å². The predicted molar refractivity (Wildman–Crippen MR) is 93.8 cm³/mol. The third-order valence-electron chi connectivity index (χ3n) is 9.82. The van der Waals surface area contributed by atoms with Gasteiger partial charge in [0, 0.05) is 17.8 Å². The zero-order valence-electron chi connectivity index (χ0n) is 15.8. The first-order valence-corrected chi connectivity index (χ1v) is 10.5. The minimum absolute atomic E-state index is 0.106. The largest absolute Gasteiger partial charge is 0.396 e. The molecule has 2 bridgehead atoms. The van der Waals surface area contributed by atoms with Gasteiger partial charge in [0.25, 0.3) is 0 Å². The SMILES string of the molecule is C[C@@]1(CO)[C@H](O)CC[C@@]2(C)[C@H]1CC[C@H]1CC3C[C@@]12CCC31OCCO1. The molecule has 1 unspecified atom stereocenters. The third-order valence-corrected chi connectivity index (χ3v) is 9.82. The van der Waals surface area contributed by atoms with Gasteiger partial charge in [-0.15, -0.1) is 0 Å². The van der Waals surface area contributed by atoms with Gasteiger partial charge >= 0.3 is 0 Å². The predicted octanol–water partition coefficient (Wildman–Crippen LogP) is 3.11. The Morgan fingerprint density at radius 2 is 1.72 bits per heavy atom. The Labute approximate surface area is 151 Å². The summed E-state index contributed by atoms with van der Waals surface area (Å²) in [6, 6.07) is 0. The second-order valence-corrected chi connectivity index (χ2v) is 10.3. The molecule has 0 radical (unpaired) electrons. The van der Waals surface area contributed by atoms with Crippen LogP contribution in [0.25, 0.3) is 0 Å². The van der Waals surface area contributed by atoms with Crippen molar-refractivity contribution >= 4 is 0 Å². The fourth-order valence-electron chi connectivity index (χ4n) is 8.46. The Hall–Kier alpha value is -0.160. The van der Waals surface area contributed by atoms with Crippen LogP contribution in [0.4, 0.5) is 0 Å². The molecule has 142 valence electrons. The van der Waals surface area contributed by atoms with Crippen molar-refractivity contribution in [1.82, 2.24) is 0 Å². The molecule has 4 aliphatic carbocycles. The standard InChI is InChI=1S/C21H34O4/c1-18(13-22)16-4-3-14-11-15-12-20(14,19(16,2)6-5-17(18)23)7-8-21(15)24-9-10-25-21/h14-17,22-23H,3-13H2,1-2H3/t14-,15?,16-,17+,18-,19-,20-/m0/s1. The van der Waals surface area contributed by atoms with Crippen molar-refractivity contribution in [2.45, 2.75) is 77.1 Å². The Morgan fingerprint density at radius 1 is 0.960 bits per heavy atom. The molecule has 0 aromatic rings. The number of hydrogen-bond acceptors (Lipinski definition) is 4. The maximum absolute atomic E-state index is 10.7. The Bertz CT molecular complexity index is 558. The molecule has 2 spiro atoms. The molecule has 0 aromatic heterocycles. The van der Waals surface area contributed by atoms with E-state index in [-0.39, 0.29) is 29.3 Å². The van der Waals surface area contributed by atoms with Crippen LogP contribution in [0.3, 0.4) is 0 Å². The van der Waals surface area contributed by atoms with E-state index in [1.165, 1.54) is 25.7 Å². The van der Waals surface area contributed by atoms with Gasteiger partial charge in [0.05, 0.1) is 25.9 Å². The molecule has 25 heavy (non-hydrogen) atoms. The number of aliphatic hydroxyl groups is 2. The zero-order chi connectivity index (χ0) is 17.5. The number of fused-ring (bicyclic) bond motifs is 3. The van der Waals surface area contributed by atoms with Crippen molar-refractivity contribution in [2.75, 3.05) is 19.8 Å². The molecule has 7 atom stereocenters. The highest BCUT2D eigenvalue weighted by atomic mass is 16.7. The zero-order valence-corrected chi connectivity index (χ0v) is 15.8. The van der Waals surface area contributed by atoms with Gasteiger partial charge in [-0.2, -0.15) is 0 Å². The molecule has 1 aliphatic heterocycles. The van der Waals surface area contributed by atoms with E-state index in [9.17, 15) is 10.2 Å². The lowest BCUT2D eigenvalue weighted by molar-refractivity contribution is -0.246. The Balaban J connectivity index is 1.53. The highest BCUT2D eigenvalue weighted by molar-refractivity contribution is 5.18. The van der Waals surface area contributed by atoms with Gasteiger partial charge in [-0.3, -0.25) is 0 Å². The quantitative estimate of drug-likeness (QED) is 0.763. The number of rotatable bonds is 1.